The zero-order valence-corrected chi connectivity index (χ0v) is 14.6. The lowest BCUT2D eigenvalue weighted by Gasteiger charge is -2.22. The van der Waals surface area contributed by atoms with Crippen LogP contribution in [0.5, 0.6) is 0 Å². The largest absolute Gasteiger partial charge is 0.370 e. The van der Waals surface area contributed by atoms with E-state index in [1.807, 2.05) is 0 Å². The third-order valence-electron chi connectivity index (χ3n) is 4.33. The Hall–Kier alpha value is -3.15. The highest BCUT2D eigenvalue weighted by atomic mass is 19.3. The Kier molecular flexibility index (Phi) is 5.54. The number of carbonyl (C=O) groups excluding carboxylic acids is 1. The number of halogens is 3. The maximum atomic E-state index is 13.4. The van der Waals surface area contributed by atoms with Gasteiger partial charge in [0.05, 0.1) is 5.69 Å². The zero-order valence-electron chi connectivity index (χ0n) is 14.6. The van der Waals surface area contributed by atoms with Crippen molar-refractivity contribution in [2.75, 3.05) is 11.9 Å². The molecule has 0 bridgehead atoms. The highest BCUT2D eigenvalue weighted by molar-refractivity contribution is 5.82. The van der Waals surface area contributed by atoms with Gasteiger partial charge in [0.15, 0.2) is 6.29 Å². The van der Waals surface area contributed by atoms with E-state index < -0.39 is 6.43 Å². The number of carbonyl (C=O) groups is 1. The molecule has 0 radical (unpaired) electrons. The number of alkyl halides is 2. The summed E-state index contributed by atoms with van der Waals surface area (Å²) in [6.07, 6.45) is -0.544. The molecule has 2 aromatic carbocycles. The molecule has 0 saturated heterocycles. The second kappa shape index (κ2) is 8.03. The molecule has 1 heterocycles. The molecular weight excluding hydrogens is 353 g/mol. The Balaban J connectivity index is 2.07. The minimum Gasteiger partial charge on any atom is -0.370 e. The molecule has 1 aromatic heterocycles. The Labute approximate surface area is 155 Å². The van der Waals surface area contributed by atoms with E-state index in [4.69, 9.17) is 0 Å². The molecule has 3 nitrogen and oxygen atoms in total. The van der Waals surface area contributed by atoms with Crippen LogP contribution in [-0.2, 0) is 6.54 Å². The van der Waals surface area contributed by atoms with Gasteiger partial charge in [-0.3, -0.25) is 9.78 Å². The Morgan fingerprint density at radius 3 is 2.44 bits per heavy atom. The van der Waals surface area contributed by atoms with Gasteiger partial charge in [-0.15, -0.1) is 0 Å². The summed E-state index contributed by atoms with van der Waals surface area (Å²) in [5.74, 6) is -0.353. The molecule has 0 aliphatic heterocycles. The van der Waals surface area contributed by atoms with Crippen LogP contribution >= 0.6 is 0 Å². The Bertz CT molecular complexity index is 942. The monoisotopic (exact) mass is 370 g/mol. The molecule has 6 heteroatoms. The van der Waals surface area contributed by atoms with E-state index in [0.717, 1.165) is 5.69 Å². The summed E-state index contributed by atoms with van der Waals surface area (Å²) in [6.45, 7) is 0.250. The van der Waals surface area contributed by atoms with Gasteiger partial charge < -0.3 is 4.90 Å². The molecule has 0 fully saturated rings. The summed E-state index contributed by atoms with van der Waals surface area (Å²) >= 11 is 0. The lowest BCUT2D eigenvalue weighted by molar-refractivity contribution is 0.112. The zero-order chi connectivity index (χ0) is 19.4. The highest BCUT2D eigenvalue weighted by Gasteiger charge is 2.19. The first-order valence-electron chi connectivity index (χ1n) is 8.28. The lowest BCUT2D eigenvalue weighted by atomic mass is 9.97. The third kappa shape index (κ3) is 4.00. The second-order valence-electron chi connectivity index (χ2n) is 6.07. The van der Waals surface area contributed by atoms with Gasteiger partial charge in [0.2, 0.25) is 0 Å². The Morgan fingerprint density at radius 1 is 1.07 bits per heavy atom. The predicted molar refractivity (Wildman–Crippen MR) is 98.5 cm³/mol. The number of aldehydes is 1. The van der Waals surface area contributed by atoms with E-state index in [0.29, 0.717) is 28.7 Å². The van der Waals surface area contributed by atoms with Crippen molar-refractivity contribution in [2.45, 2.75) is 13.0 Å². The molecule has 0 N–H and O–H groups in total. The van der Waals surface area contributed by atoms with Gasteiger partial charge in [-0.1, -0.05) is 24.3 Å². The molecule has 3 rings (SSSR count). The summed E-state index contributed by atoms with van der Waals surface area (Å²) in [5, 5.41) is 0. The number of aromatic nitrogens is 1. The summed E-state index contributed by atoms with van der Waals surface area (Å²) in [7, 11) is 1.78. The third-order valence-corrected chi connectivity index (χ3v) is 4.33. The average molecular weight is 370 g/mol. The topological polar surface area (TPSA) is 33.2 Å². The normalized spacial score (nSPS) is 10.9. The van der Waals surface area contributed by atoms with Crippen molar-refractivity contribution in [3.05, 3.63) is 83.3 Å². The number of benzene rings is 2. The van der Waals surface area contributed by atoms with Gasteiger partial charge in [-0.2, -0.15) is 0 Å². The molecule has 27 heavy (non-hydrogen) atoms. The van der Waals surface area contributed by atoms with Crippen LogP contribution in [0.25, 0.3) is 11.3 Å². The van der Waals surface area contributed by atoms with Crippen molar-refractivity contribution in [1.82, 2.24) is 4.98 Å². The fraction of sp³-hybridized carbons (Fsp3) is 0.143. The molecular formula is C21H17F3N2O. The van der Waals surface area contributed by atoms with Gasteiger partial charge in [0, 0.05) is 47.7 Å². The van der Waals surface area contributed by atoms with Gasteiger partial charge in [-0.05, 0) is 30.3 Å². The standard InChI is InChI=1S/C21H17F3N2O/c1-26(16-8-6-15(22)7-9-16)12-19-14(13-27)10-11-25-20(19)17-4-2-3-5-18(17)21(23)24/h2-11,13,21H,12H2,1H3. The van der Waals surface area contributed by atoms with E-state index in [9.17, 15) is 18.0 Å². The highest BCUT2D eigenvalue weighted by Crippen LogP contribution is 2.33. The summed E-state index contributed by atoms with van der Waals surface area (Å²) in [4.78, 5) is 17.6. The van der Waals surface area contributed by atoms with Crippen LogP contribution in [0.4, 0.5) is 18.9 Å². The van der Waals surface area contributed by atoms with Crippen LogP contribution < -0.4 is 4.90 Å². The van der Waals surface area contributed by atoms with E-state index in [1.165, 1.54) is 24.4 Å². The quantitative estimate of drug-likeness (QED) is 0.554. The molecule has 3 aromatic rings. The predicted octanol–water partition coefficient (Wildman–Crippen LogP) is 5.27. The molecule has 138 valence electrons. The van der Waals surface area contributed by atoms with Crippen molar-refractivity contribution < 1.29 is 18.0 Å². The fourth-order valence-electron chi connectivity index (χ4n) is 2.94. The van der Waals surface area contributed by atoms with E-state index >= 15 is 0 Å². The maximum Gasteiger partial charge on any atom is 0.264 e. The van der Waals surface area contributed by atoms with Crippen molar-refractivity contribution in [1.29, 1.82) is 0 Å². The first-order valence-corrected chi connectivity index (χ1v) is 8.28. The molecule has 0 atom stereocenters. The van der Waals surface area contributed by atoms with Crippen molar-refractivity contribution in [3.8, 4) is 11.3 Å². The van der Waals surface area contributed by atoms with Gasteiger partial charge >= 0.3 is 0 Å². The molecule has 0 unspecified atom stereocenters. The van der Waals surface area contributed by atoms with Crippen molar-refractivity contribution in [2.24, 2.45) is 0 Å². The molecule has 0 amide bonds. The van der Waals surface area contributed by atoms with Crippen molar-refractivity contribution in [3.63, 3.8) is 0 Å². The van der Waals surface area contributed by atoms with Gasteiger partial charge in [0.25, 0.3) is 6.43 Å². The summed E-state index contributed by atoms with van der Waals surface area (Å²) in [5.41, 5.74) is 2.12. The molecule has 0 aliphatic carbocycles. The molecule has 0 spiro atoms. The first-order chi connectivity index (χ1) is 13.0. The SMILES string of the molecule is CN(Cc1c(C=O)ccnc1-c1ccccc1C(F)F)c1ccc(F)cc1. The second-order valence-corrected chi connectivity index (χ2v) is 6.07. The van der Waals surface area contributed by atoms with Crippen molar-refractivity contribution >= 4 is 12.0 Å². The van der Waals surface area contributed by atoms with Gasteiger partial charge in [-0.25, -0.2) is 13.2 Å². The van der Waals surface area contributed by atoms with Crippen LogP contribution in [0.15, 0.2) is 60.8 Å². The van der Waals surface area contributed by atoms with E-state index in [-0.39, 0.29) is 17.9 Å². The van der Waals surface area contributed by atoms with Crippen LogP contribution in [0, 0.1) is 5.82 Å². The lowest BCUT2D eigenvalue weighted by Crippen LogP contribution is -2.18. The molecule has 0 saturated carbocycles. The number of rotatable bonds is 6. The first kappa shape index (κ1) is 18.6. The summed E-state index contributed by atoms with van der Waals surface area (Å²) in [6, 6.07) is 13.6. The number of hydrogen-bond acceptors (Lipinski definition) is 3. The fourth-order valence-corrected chi connectivity index (χ4v) is 2.94. The smallest absolute Gasteiger partial charge is 0.264 e. The number of pyridine rings is 1. The van der Waals surface area contributed by atoms with Gasteiger partial charge in [0.1, 0.15) is 5.82 Å². The summed E-state index contributed by atoms with van der Waals surface area (Å²) < 4.78 is 40.1. The number of nitrogens with zero attached hydrogens (tertiary/aromatic N) is 2. The maximum absolute atomic E-state index is 13.4. The molecule has 0 aliphatic rings. The minimum atomic E-state index is -2.66. The average Bonchev–Trinajstić information content (AvgIpc) is 2.68. The number of hydrogen-bond donors (Lipinski definition) is 0. The van der Waals surface area contributed by atoms with Crippen LogP contribution in [0.1, 0.15) is 27.9 Å². The van der Waals surface area contributed by atoms with Crippen LogP contribution in [0.2, 0.25) is 0 Å². The number of anilines is 1. The van der Waals surface area contributed by atoms with E-state index in [1.54, 1.807) is 48.3 Å². The Morgan fingerprint density at radius 2 is 1.78 bits per heavy atom. The van der Waals surface area contributed by atoms with Crippen LogP contribution in [0.3, 0.4) is 0 Å². The van der Waals surface area contributed by atoms with E-state index in [2.05, 4.69) is 4.98 Å². The minimum absolute atomic E-state index is 0.140. The van der Waals surface area contributed by atoms with Crippen LogP contribution in [-0.4, -0.2) is 18.3 Å².